The second kappa shape index (κ2) is 9.01. The minimum Gasteiger partial charge on any atom is -0.356 e. The first-order valence-electron chi connectivity index (χ1n) is 9.96. The molecule has 0 fully saturated rings. The van der Waals surface area contributed by atoms with Crippen molar-refractivity contribution < 1.29 is 4.79 Å². The van der Waals surface area contributed by atoms with Gasteiger partial charge in [0.2, 0.25) is 5.91 Å². The van der Waals surface area contributed by atoms with Crippen LogP contribution in [0.1, 0.15) is 36.9 Å². The van der Waals surface area contributed by atoms with Crippen LogP contribution in [0.15, 0.2) is 63.7 Å². The Hall–Kier alpha value is -2.31. The molecule has 0 saturated heterocycles. The monoisotopic (exact) mass is 423 g/mol. The third-order valence-corrected chi connectivity index (χ3v) is 7.14. The molecule has 29 heavy (non-hydrogen) atoms. The molecule has 0 bridgehead atoms. The van der Waals surface area contributed by atoms with Crippen LogP contribution >= 0.6 is 23.1 Å². The molecule has 1 N–H and O–H groups in total. The number of fused-ring (bicyclic) bond motifs is 2. The predicted octanol–water partition coefficient (Wildman–Crippen LogP) is 5.62. The molecule has 2 aromatic carbocycles. The van der Waals surface area contributed by atoms with Crippen LogP contribution in [0.3, 0.4) is 0 Å². The number of anilines is 2. The summed E-state index contributed by atoms with van der Waals surface area (Å²) < 4.78 is 0. The summed E-state index contributed by atoms with van der Waals surface area (Å²) in [4.78, 5) is 21.7. The molecule has 0 saturated carbocycles. The predicted molar refractivity (Wildman–Crippen MR) is 122 cm³/mol. The molecule has 3 aromatic rings. The molecule has 1 aliphatic rings. The normalized spacial score (nSPS) is 12.6. The van der Waals surface area contributed by atoms with E-state index in [4.69, 9.17) is 0 Å². The van der Waals surface area contributed by atoms with Crippen molar-refractivity contribution in [2.75, 3.05) is 18.0 Å². The van der Waals surface area contributed by atoms with E-state index in [0.29, 0.717) is 18.9 Å². The number of hydrogen-bond acceptors (Lipinski definition) is 5. The van der Waals surface area contributed by atoms with E-state index in [1.54, 1.807) is 11.3 Å². The average Bonchev–Trinajstić information content (AvgIpc) is 3.19. The maximum Gasteiger partial charge on any atom is 0.226 e. The molecule has 0 unspecified atom stereocenters. The maximum absolute atomic E-state index is 12.3. The number of rotatable bonds is 7. The number of nitrogens with zero attached hydrogens (tertiary/aromatic N) is 2. The van der Waals surface area contributed by atoms with Crippen LogP contribution in [-0.2, 0) is 11.2 Å². The Morgan fingerprint density at radius 2 is 1.72 bits per heavy atom. The lowest BCUT2D eigenvalue weighted by atomic mass is 10.2. The molecule has 1 amide bonds. The molecular formula is C23H25N3OS2. The quantitative estimate of drug-likeness (QED) is 0.501. The zero-order valence-electron chi connectivity index (χ0n) is 16.7. The first-order chi connectivity index (χ1) is 14.1. The van der Waals surface area contributed by atoms with E-state index < -0.39 is 0 Å². The van der Waals surface area contributed by atoms with Crippen LogP contribution < -0.4 is 10.2 Å². The van der Waals surface area contributed by atoms with E-state index in [1.807, 2.05) is 17.1 Å². The van der Waals surface area contributed by atoms with Crippen LogP contribution in [0, 0.1) is 0 Å². The number of amides is 1. The van der Waals surface area contributed by atoms with E-state index in [0.717, 1.165) is 23.7 Å². The van der Waals surface area contributed by atoms with Crippen molar-refractivity contribution in [1.29, 1.82) is 0 Å². The lowest BCUT2D eigenvalue weighted by Gasteiger charge is -2.32. The van der Waals surface area contributed by atoms with Crippen molar-refractivity contribution >= 4 is 40.4 Å². The second-order valence-corrected chi connectivity index (χ2v) is 9.37. The molecule has 4 nitrogen and oxygen atoms in total. The Morgan fingerprint density at radius 3 is 2.34 bits per heavy atom. The maximum atomic E-state index is 12.3. The van der Waals surface area contributed by atoms with E-state index in [1.165, 1.54) is 21.2 Å². The zero-order valence-corrected chi connectivity index (χ0v) is 18.4. The highest BCUT2D eigenvalue weighted by molar-refractivity contribution is 7.99. The van der Waals surface area contributed by atoms with Gasteiger partial charge in [0.25, 0.3) is 0 Å². The van der Waals surface area contributed by atoms with Crippen LogP contribution in [-0.4, -0.2) is 24.0 Å². The summed E-state index contributed by atoms with van der Waals surface area (Å²) in [5.74, 6) is 0.450. The summed E-state index contributed by atoms with van der Waals surface area (Å²) in [5.41, 5.74) is 3.35. The van der Waals surface area contributed by atoms with Crippen LogP contribution in [0.5, 0.6) is 0 Å². The third-order valence-electron chi connectivity index (χ3n) is 4.82. The van der Waals surface area contributed by atoms with Crippen molar-refractivity contribution in [3.8, 4) is 0 Å². The van der Waals surface area contributed by atoms with Crippen molar-refractivity contribution in [3.05, 3.63) is 64.6 Å². The molecule has 2 heterocycles. The molecule has 150 valence electrons. The largest absolute Gasteiger partial charge is 0.356 e. The van der Waals surface area contributed by atoms with Crippen molar-refractivity contribution in [2.45, 2.75) is 42.4 Å². The van der Waals surface area contributed by atoms with Crippen molar-refractivity contribution in [3.63, 3.8) is 0 Å². The second-order valence-electron chi connectivity index (χ2n) is 7.40. The molecule has 0 atom stereocenters. The summed E-state index contributed by atoms with van der Waals surface area (Å²) in [6, 6.07) is 17.0. The highest BCUT2D eigenvalue weighted by Gasteiger charge is 2.22. The van der Waals surface area contributed by atoms with Gasteiger partial charge < -0.3 is 10.2 Å². The Balaban J connectivity index is 1.33. The minimum absolute atomic E-state index is 0.0422. The fourth-order valence-electron chi connectivity index (χ4n) is 3.38. The van der Waals surface area contributed by atoms with Gasteiger partial charge in [0.15, 0.2) is 0 Å². The van der Waals surface area contributed by atoms with E-state index in [9.17, 15) is 4.79 Å². The molecule has 6 heteroatoms. The number of carbonyl (C=O) groups is 1. The molecule has 1 aromatic heterocycles. The van der Waals surface area contributed by atoms with E-state index in [2.05, 4.69) is 77.6 Å². The summed E-state index contributed by atoms with van der Waals surface area (Å²) in [6.45, 7) is 5.77. The van der Waals surface area contributed by atoms with E-state index >= 15 is 0 Å². The van der Waals surface area contributed by atoms with Crippen molar-refractivity contribution in [1.82, 2.24) is 10.3 Å². The number of aromatic nitrogens is 1. The topological polar surface area (TPSA) is 45.2 Å². The van der Waals surface area contributed by atoms with Gasteiger partial charge in [-0.3, -0.25) is 4.79 Å². The summed E-state index contributed by atoms with van der Waals surface area (Å²) in [7, 11) is 0. The minimum atomic E-state index is 0.0422. The number of thiazole rings is 1. The Kier molecular flexibility index (Phi) is 6.21. The fourth-order valence-corrected chi connectivity index (χ4v) is 5.31. The highest BCUT2D eigenvalue weighted by Crippen LogP contribution is 2.47. The highest BCUT2D eigenvalue weighted by atomic mass is 32.2. The van der Waals surface area contributed by atoms with Gasteiger partial charge in [0.05, 0.1) is 28.5 Å². The first-order valence-corrected chi connectivity index (χ1v) is 11.7. The number of carbonyl (C=O) groups excluding carboxylic acids is 1. The van der Waals surface area contributed by atoms with Crippen LogP contribution in [0.2, 0.25) is 0 Å². The SMILES string of the molecule is CC(C)c1nc(CC(=O)NCCCN2c3ccccc3Sc3ccccc32)cs1. The average molecular weight is 424 g/mol. The van der Waals surface area contributed by atoms with E-state index in [-0.39, 0.29) is 5.91 Å². The summed E-state index contributed by atoms with van der Waals surface area (Å²) in [5, 5.41) is 6.14. The molecule has 0 spiro atoms. The Bertz CT molecular complexity index is 954. The number of nitrogens with one attached hydrogen (secondary N) is 1. The zero-order chi connectivity index (χ0) is 20.2. The number of hydrogen-bond donors (Lipinski definition) is 1. The molecule has 1 aliphatic heterocycles. The first kappa shape index (κ1) is 20.0. The lowest BCUT2D eigenvalue weighted by molar-refractivity contribution is -0.120. The van der Waals surface area contributed by atoms with Gasteiger partial charge in [0, 0.05) is 34.2 Å². The molecule has 4 rings (SSSR count). The lowest BCUT2D eigenvalue weighted by Crippen LogP contribution is -2.30. The Labute approximate surface area is 180 Å². The molecule has 0 aliphatic carbocycles. The molecular weight excluding hydrogens is 398 g/mol. The fraction of sp³-hybridized carbons (Fsp3) is 0.304. The van der Waals surface area contributed by atoms with Crippen molar-refractivity contribution in [2.24, 2.45) is 0 Å². The standard InChI is InChI=1S/C23H25N3OS2/c1-16(2)23-25-17(15-28-23)14-22(27)24-12-7-13-26-18-8-3-5-10-20(18)29-21-11-6-4-9-19(21)26/h3-6,8-11,15-16H,7,12-14H2,1-2H3,(H,24,27). The van der Waals surface area contributed by atoms with Crippen LogP contribution in [0.25, 0.3) is 0 Å². The van der Waals surface area contributed by atoms with Gasteiger partial charge in [-0.15, -0.1) is 11.3 Å². The van der Waals surface area contributed by atoms with Gasteiger partial charge in [0.1, 0.15) is 0 Å². The van der Waals surface area contributed by atoms with Gasteiger partial charge in [-0.2, -0.15) is 0 Å². The number of para-hydroxylation sites is 2. The van der Waals surface area contributed by atoms with Gasteiger partial charge in [-0.05, 0) is 30.7 Å². The Morgan fingerprint density at radius 1 is 1.07 bits per heavy atom. The van der Waals surface area contributed by atoms with Gasteiger partial charge in [-0.1, -0.05) is 49.9 Å². The summed E-state index contributed by atoms with van der Waals surface area (Å²) >= 11 is 3.45. The third kappa shape index (κ3) is 4.65. The summed E-state index contributed by atoms with van der Waals surface area (Å²) in [6.07, 6.45) is 1.24. The smallest absolute Gasteiger partial charge is 0.226 e. The van der Waals surface area contributed by atoms with Gasteiger partial charge >= 0.3 is 0 Å². The number of benzene rings is 2. The van der Waals surface area contributed by atoms with Crippen LogP contribution in [0.4, 0.5) is 11.4 Å². The molecule has 0 radical (unpaired) electrons. The van der Waals surface area contributed by atoms with Gasteiger partial charge in [-0.25, -0.2) is 4.98 Å².